The van der Waals surface area contributed by atoms with Gasteiger partial charge in [0.2, 0.25) is 0 Å². The van der Waals surface area contributed by atoms with Gasteiger partial charge in [-0.1, -0.05) is 53.5 Å². The molecular formula is C15H14Cl2O. The van der Waals surface area contributed by atoms with Gasteiger partial charge in [-0.15, -0.1) is 0 Å². The molecular weight excluding hydrogens is 267 g/mol. The summed E-state index contributed by atoms with van der Waals surface area (Å²) >= 11 is 12.0. The van der Waals surface area contributed by atoms with Gasteiger partial charge in [0.05, 0.1) is 5.60 Å². The molecule has 0 fully saturated rings. The van der Waals surface area contributed by atoms with Crippen LogP contribution in [0.15, 0.2) is 48.5 Å². The van der Waals surface area contributed by atoms with Crippen molar-refractivity contribution in [3.63, 3.8) is 0 Å². The lowest BCUT2D eigenvalue weighted by atomic mass is 9.89. The molecule has 1 unspecified atom stereocenters. The first-order valence-corrected chi connectivity index (χ1v) is 6.46. The summed E-state index contributed by atoms with van der Waals surface area (Å²) in [4.78, 5) is 0. The Kier molecular flexibility index (Phi) is 3.96. The van der Waals surface area contributed by atoms with Crippen LogP contribution < -0.4 is 0 Å². The molecule has 0 saturated heterocycles. The van der Waals surface area contributed by atoms with Crippen molar-refractivity contribution < 1.29 is 5.11 Å². The highest BCUT2D eigenvalue weighted by Crippen LogP contribution is 2.31. The van der Waals surface area contributed by atoms with Crippen molar-refractivity contribution in [3.05, 3.63) is 69.7 Å². The molecule has 0 saturated carbocycles. The van der Waals surface area contributed by atoms with Crippen LogP contribution in [0.5, 0.6) is 0 Å². The summed E-state index contributed by atoms with van der Waals surface area (Å²) in [6.07, 6.45) is 0.494. The SMILES string of the molecule is CC(O)(Cc1ccc(Cl)cc1)c1ccccc1Cl. The Balaban J connectivity index is 2.27. The van der Waals surface area contributed by atoms with Crippen LogP contribution in [0.4, 0.5) is 0 Å². The van der Waals surface area contributed by atoms with E-state index >= 15 is 0 Å². The molecule has 1 nitrogen and oxygen atoms in total. The van der Waals surface area contributed by atoms with E-state index in [1.54, 1.807) is 13.0 Å². The Morgan fingerprint density at radius 1 is 1.00 bits per heavy atom. The summed E-state index contributed by atoms with van der Waals surface area (Å²) < 4.78 is 0. The van der Waals surface area contributed by atoms with Gasteiger partial charge in [0, 0.05) is 22.0 Å². The molecule has 2 rings (SSSR count). The molecule has 0 amide bonds. The minimum atomic E-state index is -0.994. The smallest absolute Gasteiger partial charge is 0.0923 e. The molecule has 1 N–H and O–H groups in total. The van der Waals surface area contributed by atoms with Crippen LogP contribution in [0.1, 0.15) is 18.1 Å². The monoisotopic (exact) mass is 280 g/mol. The van der Waals surface area contributed by atoms with Crippen LogP contribution in [0, 0.1) is 0 Å². The first-order valence-electron chi connectivity index (χ1n) is 5.71. The highest BCUT2D eigenvalue weighted by Gasteiger charge is 2.25. The summed E-state index contributed by atoms with van der Waals surface area (Å²) in [6.45, 7) is 1.77. The predicted molar refractivity (Wildman–Crippen MR) is 76.2 cm³/mol. The molecule has 1 atom stereocenters. The summed E-state index contributed by atoms with van der Waals surface area (Å²) in [5.41, 5.74) is 0.762. The highest BCUT2D eigenvalue weighted by atomic mass is 35.5. The molecule has 18 heavy (non-hydrogen) atoms. The quantitative estimate of drug-likeness (QED) is 0.881. The Morgan fingerprint density at radius 2 is 1.61 bits per heavy atom. The molecule has 0 aliphatic carbocycles. The largest absolute Gasteiger partial charge is 0.385 e. The third-order valence-electron chi connectivity index (χ3n) is 2.92. The zero-order chi connectivity index (χ0) is 13.2. The number of halogens is 2. The van der Waals surface area contributed by atoms with Gasteiger partial charge in [-0.3, -0.25) is 0 Å². The molecule has 0 radical (unpaired) electrons. The van der Waals surface area contributed by atoms with Crippen LogP contribution in [0.3, 0.4) is 0 Å². The van der Waals surface area contributed by atoms with E-state index in [1.807, 2.05) is 42.5 Å². The van der Waals surface area contributed by atoms with Gasteiger partial charge in [-0.25, -0.2) is 0 Å². The average Bonchev–Trinajstić information content (AvgIpc) is 2.32. The zero-order valence-corrected chi connectivity index (χ0v) is 11.5. The first-order chi connectivity index (χ1) is 8.49. The van der Waals surface area contributed by atoms with Crippen molar-refractivity contribution in [2.24, 2.45) is 0 Å². The van der Waals surface area contributed by atoms with Gasteiger partial charge in [0.15, 0.2) is 0 Å². The van der Waals surface area contributed by atoms with Gasteiger partial charge in [-0.2, -0.15) is 0 Å². The fraction of sp³-hybridized carbons (Fsp3) is 0.200. The molecule has 3 heteroatoms. The van der Waals surface area contributed by atoms with Crippen molar-refractivity contribution in [2.45, 2.75) is 18.9 Å². The Bertz CT molecular complexity index is 532. The van der Waals surface area contributed by atoms with Crippen LogP contribution in [0.25, 0.3) is 0 Å². The van der Waals surface area contributed by atoms with E-state index in [9.17, 15) is 5.11 Å². The van der Waals surface area contributed by atoms with E-state index in [-0.39, 0.29) is 0 Å². The van der Waals surface area contributed by atoms with Crippen molar-refractivity contribution in [1.82, 2.24) is 0 Å². The lowest BCUT2D eigenvalue weighted by molar-refractivity contribution is 0.0577. The summed E-state index contributed by atoms with van der Waals surface area (Å²) in [5, 5.41) is 11.8. The summed E-state index contributed by atoms with van der Waals surface area (Å²) in [6, 6.07) is 14.8. The van der Waals surface area contributed by atoms with Gasteiger partial charge < -0.3 is 5.11 Å². The Morgan fingerprint density at radius 3 is 2.22 bits per heavy atom. The molecule has 0 aliphatic rings. The van der Waals surface area contributed by atoms with E-state index in [1.165, 1.54) is 0 Å². The van der Waals surface area contributed by atoms with Gasteiger partial charge >= 0.3 is 0 Å². The van der Waals surface area contributed by atoms with Gasteiger partial charge in [0.25, 0.3) is 0 Å². The lowest BCUT2D eigenvalue weighted by Crippen LogP contribution is -2.24. The van der Waals surface area contributed by atoms with Crippen LogP contribution >= 0.6 is 23.2 Å². The number of hydrogen-bond donors (Lipinski definition) is 1. The van der Waals surface area contributed by atoms with Crippen molar-refractivity contribution in [1.29, 1.82) is 0 Å². The van der Waals surface area contributed by atoms with E-state index in [0.717, 1.165) is 11.1 Å². The average molecular weight is 281 g/mol. The van der Waals surface area contributed by atoms with Gasteiger partial charge in [-0.05, 0) is 30.7 Å². The van der Waals surface area contributed by atoms with Crippen LogP contribution in [0.2, 0.25) is 10.0 Å². The Hall–Kier alpha value is -1.02. The first kappa shape index (κ1) is 13.4. The van der Waals surface area contributed by atoms with Crippen LogP contribution in [-0.2, 0) is 12.0 Å². The number of hydrogen-bond acceptors (Lipinski definition) is 1. The molecule has 94 valence electrons. The second-order valence-electron chi connectivity index (χ2n) is 4.56. The van der Waals surface area contributed by atoms with E-state index in [2.05, 4.69) is 0 Å². The number of benzene rings is 2. The summed E-state index contributed by atoms with van der Waals surface area (Å²) in [7, 11) is 0. The predicted octanol–water partition coefficient (Wildman–Crippen LogP) is 4.44. The van der Waals surface area contributed by atoms with Crippen molar-refractivity contribution >= 4 is 23.2 Å². The Labute approximate surface area is 117 Å². The molecule has 2 aromatic carbocycles. The molecule has 0 bridgehead atoms. The summed E-state index contributed by atoms with van der Waals surface area (Å²) in [5.74, 6) is 0. The second kappa shape index (κ2) is 5.31. The lowest BCUT2D eigenvalue weighted by Gasteiger charge is -2.25. The van der Waals surface area contributed by atoms with E-state index < -0.39 is 5.60 Å². The molecule has 0 heterocycles. The minimum Gasteiger partial charge on any atom is -0.385 e. The zero-order valence-electron chi connectivity index (χ0n) is 10.0. The maximum atomic E-state index is 10.6. The normalized spacial score (nSPS) is 14.2. The highest BCUT2D eigenvalue weighted by molar-refractivity contribution is 6.31. The van der Waals surface area contributed by atoms with Crippen molar-refractivity contribution in [2.75, 3.05) is 0 Å². The topological polar surface area (TPSA) is 20.2 Å². The van der Waals surface area contributed by atoms with Crippen LogP contribution in [-0.4, -0.2) is 5.11 Å². The molecule has 2 aromatic rings. The molecule has 0 aliphatic heterocycles. The van der Waals surface area contributed by atoms with Gasteiger partial charge in [0.1, 0.15) is 0 Å². The second-order valence-corrected chi connectivity index (χ2v) is 5.40. The number of aliphatic hydroxyl groups is 1. The minimum absolute atomic E-state index is 0.494. The molecule has 0 spiro atoms. The number of rotatable bonds is 3. The maximum Gasteiger partial charge on any atom is 0.0923 e. The van der Waals surface area contributed by atoms with E-state index in [0.29, 0.717) is 16.5 Å². The fourth-order valence-electron chi connectivity index (χ4n) is 1.99. The third-order valence-corrected chi connectivity index (χ3v) is 3.50. The molecule has 0 aromatic heterocycles. The van der Waals surface area contributed by atoms with Crippen molar-refractivity contribution in [3.8, 4) is 0 Å². The fourth-order valence-corrected chi connectivity index (χ4v) is 2.46. The van der Waals surface area contributed by atoms with E-state index in [4.69, 9.17) is 23.2 Å². The standard InChI is InChI=1S/C15H14Cl2O/c1-15(18,13-4-2-3-5-14(13)17)10-11-6-8-12(16)9-7-11/h2-9,18H,10H2,1H3. The maximum absolute atomic E-state index is 10.6. The third kappa shape index (κ3) is 3.05.